The number of rotatable bonds is 0. The number of hydrogen-bond donors (Lipinski definition) is 2. The molecule has 0 aliphatic carbocycles. The van der Waals surface area contributed by atoms with E-state index in [0.717, 1.165) is 12.8 Å². The van der Waals surface area contributed by atoms with Crippen molar-refractivity contribution in [1.82, 2.24) is 10.2 Å². The summed E-state index contributed by atoms with van der Waals surface area (Å²) in [6.45, 7) is 6.88. The summed E-state index contributed by atoms with van der Waals surface area (Å²) in [7, 11) is 1.77. The minimum atomic E-state index is -0.733. The van der Waals surface area contributed by atoms with Gasteiger partial charge in [-0.05, 0) is 38.5 Å². The molecule has 1 rings (SSSR count). The van der Waals surface area contributed by atoms with Gasteiger partial charge in [0.05, 0.1) is 5.60 Å². The molecule has 21 heavy (non-hydrogen) atoms. The molecule has 2 amide bonds. The van der Waals surface area contributed by atoms with Gasteiger partial charge in [0.15, 0.2) is 0 Å². The Morgan fingerprint density at radius 1 is 1.33 bits per heavy atom. The van der Waals surface area contributed by atoms with E-state index < -0.39 is 5.60 Å². The predicted octanol–water partition coefficient (Wildman–Crippen LogP) is 1.55. The second-order valence-corrected chi connectivity index (χ2v) is 6.90. The van der Waals surface area contributed by atoms with Crippen LogP contribution < -0.4 is 5.32 Å². The normalized spacial score (nSPS) is 34.2. The van der Waals surface area contributed by atoms with E-state index in [1.807, 2.05) is 13.8 Å². The second kappa shape index (κ2) is 7.78. The Morgan fingerprint density at radius 2 is 2.00 bits per heavy atom. The summed E-state index contributed by atoms with van der Waals surface area (Å²) >= 11 is 0. The first-order chi connectivity index (χ1) is 9.71. The molecule has 1 heterocycles. The van der Waals surface area contributed by atoms with Crippen LogP contribution in [-0.4, -0.2) is 47.6 Å². The fourth-order valence-corrected chi connectivity index (χ4v) is 3.13. The van der Waals surface area contributed by atoms with Gasteiger partial charge in [0.25, 0.3) is 0 Å². The molecule has 0 saturated carbocycles. The summed E-state index contributed by atoms with van der Waals surface area (Å²) in [5.41, 5.74) is -0.733. The van der Waals surface area contributed by atoms with Crippen LogP contribution in [0.25, 0.3) is 0 Å². The Kier molecular flexibility index (Phi) is 6.65. The van der Waals surface area contributed by atoms with Crippen LogP contribution in [0.5, 0.6) is 0 Å². The molecule has 1 saturated heterocycles. The number of nitrogens with one attached hydrogen (secondary N) is 1. The van der Waals surface area contributed by atoms with Crippen molar-refractivity contribution in [1.29, 1.82) is 0 Å². The van der Waals surface area contributed by atoms with Crippen molar-refractivity contribution in [3.8, 4) is 0 Å². The van der Waals surface area contributed by atoms with E-state index in [2.05, 4.69) is 12.2 Å². The van der Waals surface area contributed by atoms with Crippen LogP contribution in [0.4, 0.5) is 0 Å². The van der Waals surface area contributed by atoms with E-state index in [9.17, 15) is 14.7 Å². The van der Waals surface area contributed by atoms with Gasteiger partial charge in [-0.15, -0.1) is 0 Å². The number of hydrogen-bond acceptors (Lipinski definition) is 3. The van der Waals surface area contributed by atoms with E-state index in [1.165, 1.54) is 0 Å². The highest BCUT2D eigenvalue weighted by molar-refractivity contribution is 5.80. The third kappa shape index (κ3) is 6.46. The van der Waals surface area contributed by atoms with Gasteiger partial charge in [0.1, 0.15) is 0 Å². The Morgan fingerprint density at radius 3 is 2.67 bits per heavy atom. The molecule has 5 heteroatoms. The quantitative estimate of drug-likeness (QED) is 0.713. The lowest BCUT2D eigenvalue weighted by molar-refractivity contribution is -0.130. The van der Waals surface area contributed by atoms with Gasteiger partial charge in [-0.25, -0.2) is 0 Å². The highest BCUT2D eigenvalue weighted by atomic mass is 16.3. The standard InChI is InChI=1S/C16H30N2O3/c1-12-10-13(2)15(20)17-8-6-14(19)18(4)9-5-7-16(3,21)11-12/h12-13,21H,5-11H2,1-4H3,(H,17,20)/t12-,13+,16+/m0/s1. The van der Waals surface area contributed by atoms with E-state index in [1.54, 1.807) is 11.9 Å². The van der Waals surface area contributed by atoms with Crippen LogP contribution in [0.15, 0.2) is 0 Å². The number of amides is 2. The summed E-state index contributed by atoms with van der Waals surface area (Å²) in [5.74, 6) is 0.233. The first kappa shape index (κ1) is 18.0. The van der Waals surface area contributed by atoms with Gasteiger partial charge in [-0.3, -0.25) is 9.59 Å². The minimum absolute atomic E-state index is 0.00555. The van der Waals surface area contributed by atoms with Crippen LogP contribution in [0.1, 0.15) is 52.9 Å². The molecule has 0 aromatic carbocycles. The molecular formula is C16H30N2O3. The zero-order chi connectivity index (χ0) is 16.0. The number of carbonyl (C=O) groups is 2. The van der Waals surface area contributed by atoms with Crippen LogP contribution >= 0.6 is 0 Å². The van der Waals surface area contributed by atoms with Crippen LogP contribution in [0, 0.1) is 11.8 Å². The Hall–Kier alpha value is -1.10. The molecular weight excluding hydrogens is 268 g/mol. The summed E-state index contributed by atoms with van der Waals surface area (Å²) < 4.78 is 0. The third-order valence-corrected chi connectivity index (χ3v) is 4.26. The van der Waals surface area contributed by atoms with Crippen molar-refractivity contribution >= 4 is 11.8 Å². The molecule has 5 nitrogen and oxygen atoms in total. The smallest absolute Gasteiger partial charge is 0.224 e. The SMILES string of the molecule is C[C@H]1C[C@@H](C)C(=O)NCCC(=O)N(C)CCC[C@@](C)(O)C1. The zero-order valence-corrected chi connectivity index (χ0v) is 13.8. The topological polar surface area (TPSA) is 69.6 Å². The molecule has 0 unspecified atom stereocenters. The van der Waals surface area contributed by atoms with Crippen molar-refractivity contribution in [2.24, 2.45) is 11.8 Å². The molecule has 3 atom stereocenters. The van der Waals surface area contributed by atoms with Gasteiger partial charge in [-0.1, -0.05) is 13.8 Å². The van der Waals surface area contributed by atoms with Crippen molar-refractivity contribution in [3.05, 3.63) is 0 Å². The lowest BCUT2D eigenvalue weighted by Gasteiger charge is -2.29. The highest BCUT2D eigenvalue weighted by Crippen LogP contribution is 2.26. The van der Waals surface area contributed by atoms with Gasteiger partial charge < -0.3 is 15.3 Å². The molecule has 0 aromatic heterocycles. The van der Waals surface area contributed by atoms with Crippen LogP contribution in [0.3, 0.4) is 0 Å². The van der Waals surface area contributed by atoms with E-state index in [4.69, 9.17) is 0 Å². The number of aliphatic hydroxyl groups is 1. The van der Waals surface area contributed by atoms with E-state index >= 15 is 0 Å². The van der Waals surface area contributed by atoms with Gasteiger partial charge in [0.2, 0.25) is 11.8 Å². The molecule has 2 N–H and O–H groups in total. The fraction of sp³-hybridized carbons (Fsp3) is 0.875. The molecule has 0 spiro atoms. The summed E-state index contributed by atoms with van der Waals surface area (Å²) in [4.78, 5) is 25.6. The molecule has 0 radical (unpaired) electrons. The monoisotopic (exact) mass is 298 g/mol. The number of nitrogens with zero attached hydrogens (tertiary/aromatic N) is 1. The summed E-state index contributed by atoms with van der Waals surface area (Å²) in [6.07, 6.45) is 3.25. The maximum atomic E-state index is 12.0. The fourth-order valence-electron chi connectivity index (χ4n) is 3.13. The first-order valence-electron chi connectivity index (χ1n) is 7.95. The summed E-state index contributed by atoms with van der Waals surface area (Å²) in [6, 6.07) is 0. The minimum Gasteiger partial charge on any atom is -0.390 e. The predicted molar refractivity (Wildman–Crippen MR) is 82.7 cm³/mol. The van der Waals surface area contributed by atoms with Crippen LogP contribution in [-0.2, 0) is 9.59 Å². The van der Waals surface area contributed by atoms with Gasteiger partial charge in [0, 0.05) is 32.5 Å². The van der Waals surface area contributed by atoms with Crippen molar-refractivity contribution in [3.63, 3.8) is 0 Å². The van der Waals surface area contributed by atoms with Crippen LogP contribution in [0.2, 0.25) is 0 Å². The van der Waals surface area contributed by atoms with Gasteiger partial charge >= 0.3 is 0 Å². The maximum Gasteiger partial charge on any atom is 0.224 e. The molecule has 1 fully saturated rings. The molecule has 0 aromatic rings. The largest absolute Gasteiger partial charge is 0.390 e. The Labute approximate surface area is 128 Å². The third-order valence-electron chi connectivity index (χ3n) is 4.26. The average Bonchev–Trinajstić information content (AvgIpc) is 2.35. The van der Waals surface area contributed by atoms with Crippen molar-refractivity contribution < 1.29 is 14.7 Å². The Bertz CT molecular complexity index is 369. The maximum absolute atomic E-state index is 12.0. The van der Waals surface area contributed by atoms with Crippen molar-refractivity contribution in [2.45, 2.75) is 58.5 Å². The van der Waals surface area contributed by atoms with E-state index in [0.29, 0.717) is 38.3 Å². The molecule has 1 aliphatic rings. The number of carbonyl (C=O) groups excluding carboxylic acids is 2. The highest BCUT2D eigenvalue weighted by Gasteiger charge is 2.26. The lowest BCUT2D eigenvalue weighted by atomic mass is 9.84. The van der Waals surface area contributed by atoms with E-state index in [-0.39, 0.29) is 17.7 Å². The average molecular weight is 298 g/mol. The summed E-state index contributed by atoms with van der Waals surface area (Å²) in [5, 5.41) is 13.3. The Balaban J connectivity index is 2.71. The first-order valence-corrected chi connectivity index (χ1v) is 7.95. The molecule has 1 aliphatic heterocycles. The zero-order valence-electron chi connectivity index (χ0n) is 13.8. The van der Waals surface area contributed by atoms with Crippen molar-refractivity contribution in [2.75, 3.05) is 20.1 Å². The van der Waals surface area contributed by atoms with Gasteiger partial charge in [-0.2, -0.15) is 0 Å². The second-order valence-electron chi connectivity index (χ2n) is 6.90. The lowest BCUT2D eigenvalue weighted by Crippen LogP contribution is -2.37. The molecule has 0 bridgehead atoms. The molecule has 122 valence electrons.